The number of aromatic nitrogens is 3. The van der Waals surface area contributed by atoms with Crippen LogP contribution >= 0.6 is 0 Å². The molecular formula is C23H23N5O. The first-order chi connectivity index (χ1) is 14.1. The molecule has 6 heteroatoms. The Bertz CT molecular complexity index is 1120. The Kier molecular flexibility index (Phi) is 5.24. The summed E-state index contributed by atoms with van der Waals surface area (Å²) in [4.78, 5) is 25.3. The number of amides is 1. The normalized spacial score (nSPS) is 11.9. The largest absolute Gasteiger partial charge is 0.361 e. The van der Waals surface area contributed by atoms with Gasteiger partial charge in [-0.25, -0.2) is 9.97 Å². The van der Waals surface area contributed by atoms with E-state index in [4.69, 9.17) is 0 Å². The van der Waals surface area contributed by atoms with Crippen LogP contribution in [0.25, 0.3) is 10.9 Å². The van der Waals surface area contributed by atoms with Crippen molar-refractivity contribution in [3.8, 4) is 0 Å². The number of hydrogen-bond acceptors (Lipinski definition) is 4. The van der Waals surface area contributed by atoms with Crippen molar-refractivity contribution in [3.05, 3.63) is 83.8 Å². The highest BCUT2D eigenvalue weighted by molar-refractivity contribution is 6.03. The SMILES string of the molecule is Cc1cc(C)nc(N[C@H](Cc2ccccc2)C(=O)Nc2cccc3[nH]ccc23)n1. The smallest absolute Gasteiger partial charge is 0.247 e. The zero-order valence-electron chi connectivity index (χ0n) is 16.4. The second-order valence-electron chi connectivity index (χ2n) is 7.09. The number of aromatic amines is 1. The van der Waals surface area contributed by atoms with Gasteiger partial charge < -0.3 is 15.6 Å². The second kappa shape index (κ2) is 8.14. The summed E-state index contributed by atoms with van der Waals surface area (Å²) in [5.74, 6) is 0.323. The molecule has 3 N–H and O–H groups in total. The van der Waals surface area contributed by atoms with Crippen LogP contribution in [0.3, 0.4) is 0 Å². The predicted molar refractivity (Wildman–Crippen MR) is 116 cm³/mol. The molecule has 0 unspecified atom stereocenters. The lowest BCUT2D eigenvalue weighted by atomic mass is 10.0. The Labute approximate surface area is 169 Å². The van der Waals surface area contributed by atoms with E-state index in [0.29, 0.717) is 12.4 Å². The molecule has 0 bridgehead atoms. The molecule has 4 aromatic rings. The minimum Gasteiger partial charge on any atom is -0.361 e. The number of nitrogens with one attached hydrogen (secondary N) is 3. The van der Waals surface area contributed by atoms with E-state index in [-0.39, 0.29) is 5.91 Å². The maximum absolute atomic E-state index is 13.2. The topological polar surface area (TPSA) is 82.7 Å². The van der Waals surface area contributed by atoms with Crippen LogP contribution in [-0.4, -0.2) is 26.9 Å². The minimum atomic E-state index is -0.521. The average Bonchev–Trinajstić information content (AvgIpc) is 3.17. The summed E-state index contributed by atoms with van der Waals surface area (Å²) in [5.41, 5.74) is 4.53. The van der Waals surface area contributed by atoms with Gasteiger partial charge in [0.2, 0.25) is 11.9 Å². The van der Waals surface area contributed by atoms with Crippen molar-refractivity contribution >= 4 is 28.4 Å². The lowest BCUT2D eigenvalue weighted by Gasteiger charge is -2.19. The van der Waals surface area contributed by atoms with Crippen LogP contribution in [0.5, 0.6) is 0 Å². The molecule has 2 aromatic heterocycles. The minimum absolute atomic E-state index is 0.134. The fourth-order valence-electron chi connectivity index (χ4n) is 3.42. The van der Waals surface area contributed by atoms with Gasteiger partial charge >= 0.3 is 0 Å². The molecule has 0 radical (unpaired) electrons. The molecule has 29 heavy (non-hydrogen) atoms. The third-order valence-corrected chi connectivity index (χ3v) is 4.74. The lowest BCUT2D eigenvalue weighted by molar-refractivity contribution is -0.116. The van der Waals surface area contributed by atoms with Crippen molar-refractivity contribution in [2.75, 3.05) is 10.6 Å². The van der Waals surface area contributed by atoms with Crippen molar-refractivity contribution in [2.24, 2.45) is 0 Å². The average molecular weight is 385 g/mol. The van der Waals surface area contributed by atoms with Gasteiger partial charge in [-0.15, -0.1) is 0 Å². The summed E-state index contributed by atoms with van der Waals surface area (Å²) in [6.45, 7) is 3.83. The van der Waals surface area contributed by atoms with Crippen LogP contribution < -0.4 is 10.6 Å². The van der Waals surface area contributed by atoms with Gasteiger partial charge in [0.05, 0.1) is 5.69 Å². The first kappa shape index (κ1) is 18.7. The number of hydrogen-bond donors (Lipinski definition) is 3. The van der Waals surface area contributed by atoms with E-state index >= 15 is 0 Å². The summed E-state index contributed by atoms with van der Waals surface area (Å²) < 4.78 is 0. The molecule has 1 amide bonds. The molecule has 0 saturated heterocycles. The number of H-pyrrole nitrogens is 1. The fraction of sp³-hybridized carbons (Fsp3) is 0.174. The van der Waals surface area contributed by atoms with Gasteiger partial charge in [0, 0.05) is 34.9 Å². The zero-order chi connectivity index (χ0) is 20.2. The number of anilines is 2. The highest BCUT2D eigenvalue weighted by atomic mass is 16.2. The van der Waals surface area contributed by atoms with Gasteiger partial charge in [-0.1, -0.05) is 36.4 Å². The molecule has 0 aliphatic carbocycles. The molecule has 146 valence electrons. The number of aryl methyl sites for hydroxylation is 2. The molecule has 0 saturated carbocycles. The van der Waals surface area contributed by atoms with Crippen LogP contribution in [0, 0.1) is 13.8 Å². The number of nitrogens with zero attached hydrogens (tertiary/aromatic N) is 2. The molecular weight excluding hydrogens is 362 g/mol. The predicted octanol–water partition coefficient (Wildman–Crippen LogP) is 4.24. The molecule has 2 aromatic carbocycles. The van der Waals surface area contributed by atoms with Crippen LogP contribution in [-0.2, 0) is 11.2 Å². The fourth-order valence-corrected chi connectivity index (χ4v) is 3.42. The molecule has 6 nitrogen and oxygen atoms in total. The van der Waals surface area contributed by atoms with Crippen LogP contribution in [0.2, 0.25) is 0 Å². The number of rotatable bonds is 6. The second-order valence-corrected chi connectivity index (χ2v) is 7.09. The van der Waals surface area contributed by atoms with E-state index in [1.807, 2.05) is 80.7 Å². The standard InChI is InChI=1S/C23H23N5O/c1-15-13-16(2)26-23(25-15)28-21(14-17-7-4-3-5-8-17)22(29)27-20-10-6-9-19-18(20)11-12-24-19/h3-13,21,24H,14H2,1-2H3,(H,27,29)(H,25,26,28)/t21-/m1/s1. The van der Waals surface area contributed by atoms with Crippen LogP contribution in [0.15, 0.2) is 66.9 Å². The van der Waals surface area contributed by atoms with E-state index < -0.39 is 6.04 Å². The molecule has 0 spiro atoms. The third kappa shape index (κ3) is 4.43. The third-order valence-electron chi connectivity index (χ3n) is 4.74. The summed E-state index contributed by atoms with van der Waals surface area (Å²) in [6.07, 6.45) is 2.38. The van der Waals surface area contributed by atoms with Crippen molar-refractivity contribution in [1.29, 1.82) is 0 Å². The van der Waals surface area contributed by atoms with Crippen molar-refractivity contribution in [1.82, 2.24) is 15.0 Å². The summed E-state index contributed by atoms with van der Waals surface area (Å²) >= 11 is 0. The lowest BCUT2D eigenvalue weighted by Crippen LogP contribution is -2.37. The molecule has 2 heterocycles. The first-order valence-electron chi connectivity index (χ1n) is 9.58. The quantitative estimate of drug-likeness (QED) is 0.464. The Morgan fingerprint density at radius 1 is 1.00 bits per heavy atom. The zero-order valence-corrected chi connectivity index (χ0v) is 16.4. The van der Waals surface area contributed by atoms with E-state index in [9.17, 15) is 4.79 Å². The number of fused-ring (bicyclic) bond motifs is 1. The maximum atomic E-state index is 13.2. The maximum Gasteiger partial charge on any atom is 0.247 e. The van der Waals surface area contributed by atoms with Crippen molar-refractivity contribution in [2.45, 2.75) is 26.3 Å². The van der Waals surface area contributed by atoms with Gasteiger partial charge in [0.1, 0.15) is 6.04 Å². The van der Waals surface area contributed by atoms with Gasteiger partial charge in [0.25, 0.3) is 0 Å². The van der Waals surface area contributed by atoms with E-state index in [2.05, 4.69) is 25.6 Å². The molecule has 0 aliphatic rings. The van der Waals surface area contributed by atoms with Crippen LogP contribution in [0.4, 0.5) is 11.6 Å². The Morgan fingerprint density at radius 3 is 2.52 bits per heavy atom. The Hall–Kier alpha value is -3.67. The van der Waals surface area contributed by atoms with Crippen LogP contribution in [0.1, 0.15) is 17.0 Å². The summed E-state index contributed by atoms with van der Waals surface area (Å²) in [5, 5.41) is 7.27. The van der Waals surface area contributed by atoms with Gasteiger partial charge in [-0.3, -0.25) is 4.79 Å². The summed E-state index contributed by atoms with van der Waals surface area (Å²) in [7, 11) is 0. The summed E-state index contributed by atoms with van der Waals surface area (Å²) in [6, 6.07) is 19.1. The molecule has 1 atom stereocenters. The highest BCUT2D eigenvalue weighted by Gasteiger charge is 2.21. The van der Waals surface area contributed by atoms with Gasteiger partial charge in [-0.2, -0.15) is 0 Å². The van der Waals surface area contributed by atoms with E-state index in [1.165, 1.54) is 0 Å². The Morgan fingerprint density at radius 2 is 1.76 bits per heavy atom. The molecule has 0 aliphatic heterocycles. The number of benzene rings is 2. The van der Waals surface area contributed by atoms with Crippen molar-refractivity contribution < 1.29 is 4.79 Å². The first-order valence-corrected chi connectivity index (χ1v) is 9.58. The molecule has 4 rings (SSSR count). The highest BCUT2D eigenvalue weighted by Crippen LogP contribution is 2.23. The Balaban J connectivity index is 1.61. The molecule has 0 fully saturated rings. The van der Waals surface area contributed by atoms with Gasteiger partial charge in [0.15, 0.2) is 0 Å². The van der Waals surface area contributed by atoms with Crippen molar-refractivity contribution in [3.63, 3.8) is 0 Å². The number of carbonyl (C=O) groups excluding carboxylic acids is 1. The van der Waals surface area contributed by atoms with E-state index in [1.54, 1.807) is 0 Å². The monoisotopic (exact) mass is 385 g/mol. The van der Waals surface area contributed by atoms with E-state index in [0.717, 1.165) is 33.5 Å². The van der Waals surface area contributed by atoms with Gasteiger partial charge in [-0.05, 0) is 43.7 Å². The number of carbonyl (C=O) groups is 1.